The lowest BCUT2D eigenvalue weighted by Crippen LogP contribution is -2.31. The van der Waals surface area contributed by atoms with Gasteiger partial charge in [-0.15, -0.1) is 0 Å². The molecule has 2 heterocycles. The van der Waals surface area contributed by atoms with Gasteiger partial charge in [-0.05, 0) is 25.3 Å². The van der Waals surface area contributed by atoms with E-state index in [2.05, 4.69) is 20.0 Å². The first-order valence-electron chi connectivity index (χ1n) is 6.79. The molecule has 3 rings (SSSR count). The first-order valence-corrected chi connectivity index (χ1v) is 8.27. The molecule has 1 atom stereocenters. The van der Waals surface area contributed by atoms with Crippen LogP contribution in [-0.2, 0) is 23.0 Å². The molecular formula is C12H17N5O3S. The van der Waals surface area contributed by atoms with Crippen LogP contribution >= 0.6 is 0 Å². The second-order valence-corrected chi connectivity index (χ2v) is 6.66. The zero-order valence-electron chi connectivity index (χ0n) is 11.4. The molecule has 9 heteroatoms. The van der Waals surface area contributed by atoms with Crippen molar-refractivity contribution in [2.75, 3.05) is 6.61 Å². The van der Waals surface area contributed by atoms with Crippen LogP contribution < -0.4 is 4.72 Å². The minimum atomic E-state index is -3.62. The normalized spacial score (nSPS) is 18.6. The Hall–Kier alpha value is -1.71. The summed E-state index contributed by atoms with van der Waals surface area (Å²) in [6.45, 7) is 0.439. The molecule has 3 N–H and O–H groups in total. The number of aromatic amines is 1. The summed E-state index contributed by atoms with van der Waals surface area (Å²) in [5, 5.41) is 19.4. The van der Waals surface area contributed by atoms with E-state index in [4.69, 9.17) is 5.11 Å². The van der Waals surface area contributed by atoms with Crippen LogP contribution in [-0.4, -0.2) is 40.1 Å². The number of rotatable bonds is 5. The first kappa shape index (κ1) is 14.2. The summed E-state index contributed by atoms with van der Waals surface area (Å²) in [5.41, 5.74) is 1.88. The third-order valence-corrected chi connectivity index (χ3v) is 5.04. The summed E-state index contributed by atoms with van der Waals surface area (Å²) in [4.78, 5) is 0. The largest absolute Gasteiger partial charge is 0.394 e. The van der Waals surface area contributed by atoms with Gasteiger partial charge in [0, 0.05) is 11.3 Å². The molecule has 0 radical (unpaired) electrons. The van der Waals surface area contributed by atoms with Crippen LogP contribution in [0.3, 0.4) is 0 Å². The Morgan fingerprint density at radius 3 is 3.10 bits per heavy atom. The van der Waals surface area contributed by atoms with Crippen molar-refractivity contribution in [3.8, 4) is 0 Å². The molecule has 1 aliphatic rings. The molecule has 0 fully saturated rings. The van der Waals surface area contributed by atoms with Gasteiger partial charge in [0.25, 0.3) is 10.0 Å². The molecular weight excluding hydrogens is 294 g/mol. The lowest BCUT2D eigenvalue weighted by atomic mass is 9.94. The number of nitrogens with one attached hydrogen (secondary N) is 2. The maximum absolute atomic E-state index is 12.3. The summed E-state index contributed by atoms with van der Waals surface area (Å²) in [7, 11) is -3.62. The highest BCUT2D eigenvalue weighted by molar-refractivity contribution is 7.89. The second-order valence-electron chi connectivity index (χ2n) is 4.98. The number of sulfonamides is 1. The van der Waals surface area contributed by atoms with Crippen molar-refractivity contribution in [1.29, 1.82) is 0 Å². The highest BCUT2D eigenvalue weighted by atomic mass is 32.2. The second kappa shape index (κ2) is 5.58. The van der Waals surface area contributed by atoms with Crippen molar-refractivity contribution in [2.45, 2.75) is 36.9 Å². The van der Waals surface area contributed by atoms with Crippen molar-refractivity contribution in [3.63, 3.8) is 0 Å². The topological polar surface area (TPSA) is 113 Å². The van der Waals surface area contributed by atoms with Gasteiger partial charge in [-0.2, -0.15) is 10.2 Å². The van der Waals surface area contributed by atoms with E-state index in [9.17, 15) is 8.42 Å². The van der Waals surface area contributed by atoms with Crippen molar-refractivity contribution >= 4 is 10.0 Å². The predicted molar refractivity (Wildman–Crippen MR) is 73.9 cm³/mol. The van der Waals surface area contributed by atoms with E-state index < -0.39 is 10.0 Å². The van der Waals surface area contributed by atoms with Gasteiger partial charge in [-0.3, -0.25) is 9.78 Å². The van der Waals surface area contributed by atoms with E-state index in [1.807, 2.05) is 0 Å². The van der Waals surface area contributed by atoms with Crippen molar-refractivity contribution in [2.24, 2.45) is 0 Å². The van der Waals surface area contributed by atoms with Crippen molar-refractivity contribution in [3.05, 3.63) is 29.7 Å². The van der Waals surface area contributed by atoms with Crippen LogP contribution in [0.1, 0.15) is 30.1 Å². The molecule has 0 spiro atoms. The molecule has 1 unspecified atom stereocenters. The van der Waals surface area contributed by atoms with Crippen LogP contribution in [0.5, 0.6) is 0 Å². The van der Waals surface area contributed by atoms with Crippen molar-refractivity contribution < 1.29 is 13.5 Å². The van der Waals surface area contributed by atoms with Gasteiger partial charge in [0.05, 0.1) is 31.6 Å². The van der Waals surface area contributed by atoms with E-state index in [-0.39, 0.29) is 17.7 Å². The number of aromatic nitrogens is 4. The molecule has 0 bridgehead atoms. The number of hydrogen-bond donors (Lipinski definition) is 3. The van der Waals surface area contributed by atoms with E-state index in [0.29, 0.717) is 6.54 Å². The van der Waals surface area contributed by atoms with Crippen LogP contribution in [0.25, 0.3) is 0 Å². The zero-order chi connectivity index (χ0) is 14.9. The molecule has 0 aromatic carbocycles. The molecule has 114 valence electrons. The molecule has 0 amide bonds. The van der Waals surface area contributed by atoms with Crippen LogP contribution in [0.15, 0.2) is 23.5 Å². The maximum atomic E-state index is 12.3. The summed E-state index contributed by atoms with van der Waals surface area (Å²) < 4.78 is 28.9. The Labute approximate surface area is 122 Å². The van der Waals surface area contributed by atoms with Crippen LogP contribution in [0.2, 0.25) is 0 Å². The summed E-state index contributed by atoms with van der Waals surface area (Å²) in [6.07, 6.45) is 5.54. The zero-order valence-corrected chi connectivity index (χ0v) is 12.2. The fourth-order valence-electron chi connectivity index (χ4n) is 2.67. The highest BCUT2D eigenvalue weighted by Gasteiger charge is 2.28. The minimum Gasteiger partial charge on any atom is -0.394 e. The Balaban J connectivity index is 1.86. The lowest BCUT2D eigenvalue weighted by molar-refractivity contribution is 0.266. The van der Waals surface area contributed by atoms with Crippen molar-refractivity contribution in [1.82, 2.24) is 24.7 Å². The summed E-state index contributed by atoms with van der Waals surface area (Å²) in [6, 6.07) is 1.12. The average molecular weight is 311 g/mol. The molecule has 1 aliphatic carbocycles. The molecule has 2 aromatic rings. The number of hydrogen-bond acceptors (Lipinski definition) is 5. The van der Waals surface area contributed by atoms with E-state index in [1.54, 1.807) is 10.9 Å². The van der Waals surface area contributed by atoms with Crippen LogP contribution in [0.4, 0.5) is 0 Å². The smallest absolute Gasteiger partial charge is 0.258 e. The third kappa shape index (κ3) is 2.71. The van der Waals surface area contributed by atoms with Gasteiger partial charge in [0.1, 0.15) is 0 Å². The molecule has 0 aliphatic heterocycles. The van der Waals surface area contributed by atoms with Gasteiger partial charge in [-0.25, -0.2) is 13.1 Å². The molecule has 0 saturated carbocycles. The molecule has 21 heavy (non-hydrogen) atoms. The first-order chi connectivity index (χ1) is 10.1. The Morgan fingerprint density at radius 1 is 1.52 bits per heavy atom. The average Bonchev–Trinajstić information content (AvgIpc) is 3.09. The van der Waals surface area contributed by atoms with E-state index >= 15 is 0 Å². The highest BCUT2D eigenvalue weighted by Crippen LogP contribution is 2.30. The number of aliphatic hydroxyl groups excluding tert-OH is 1. The quantitative estimate of drug-likeness (QED) is 0.717. The monoisotopic (exact) mass is 311 g/mol. The number of H-pyrrole nitrogens is 1. The van der Waals surface area contributed by atoms with Gasteiger partial charge in [0.15, 0.2) is 5.03 Å². The standard InChI is InChI=1S/C12H17N5O3S/c18-7-6-17-11-3-1-2-10(9(11)8-14-17)16-21(19,20)12-4-5-13-15-12/h4-5,8,10,16,18H,1-3,6-7H2,(H,13,15). The van der Waals surface area contributed by atoms with E-state index in [0.717, 1.165) is 30.5 Å². The minimum absolute atomic E-state index is 0.0126. The molecule has 8 nitrogen and oxygen atoms in total. The van der Waals surface area contributed by atoms with E-state index in [1.165, 1.54) is 12.3 Å². The number of aliphatic hydroxyl groups is 1. The number of fused-ring (bicyclic) bond motifs is 1. The Morgan fingerprint density at radius 2 is 2.38 bits per heavy atom. The third-order valence-electron chi connectivity index (χ3n) is 3.64. The van der Waals surface area contributed by atoms with Gasteiger partial charge in [-0.1, -0.05) is 0 Å². The van der Waals surface area contributed by atoms with Gasteiger partial charge in [0.2, 0.25) is 0 Å². The molecule has 2 aromatic heterocycles. The van der Waals surface area contributed by atoms with Crippen LogP contribution in [0, 0.1) is 0 Å². The molecule has 0 saturated heterocycles. The fraction of sp³-hybridized carbons (Fsp3) is 0.500. The Bertz CT molecular complexity index is 707. The Kier molecular flexibility index (Phi) is 3.79. The summed E-state index contributed by atoms with van der Waals surface area (Å²) >= 11 is 0. The predicted octanol–water partition coefficient (Wildman–Crippen LogP) is -0.0456. The summed E-state index contributed by atoms with van der Waals surface area (Å²) in [5.74, 6) is 0. The maximum Gasteiger partial charge on any atom is 0.258 e. The van der Waals surface area contributed by atoms with Gasteiger partial charge >= 0.3 is 0 Å². The van der Waals surface area contributed by atoms with Gasteiger partial charge < -0.3 is 5.11 Å². The lowest BCUT2D eigenvalue weighted by Gasteiger charge is -2.23. The number of nitrogens with zero attached hydrogens (tertiary/aromatic N) is 3. The fourth-order valence-corrected chi connectivity index (χ4v) is 3.83. The SMILES string of the molecule is O=S(=O)(NC1CCCc2c1cnn2CCO)c1ccn[nH]1.